The molecular formula is C21H27Cl2N3O2. The molecule has 0 amide bonds. The summed E-state index contributed by atoms with van der Waals surface area (Å²) in [4.78, 5) is 6.85. The molecule has 5 nitrogen and oxygen atoms in total. The maximum Gasteiger partial charge on any atom is 0.138 e. The standard InChI is InChI=1S/C21H27Cl2N3O2/c1-3-28-19-10-15(4-5-18(19)22)13-26-8-6-17(7-9-26)24-21-12-16(14-27-2)11-20(23)25-21/h4-5,10-12,17H,3,6-9,13-14H2,1-2H3,(H,24,25). The van der Waals surface area contributed by atoms with Crippen LogP contribution in [0.25, 0.3) is 0 Å². The molecule has 0 unspecified atom stereocenters. The zero-order valence-electron chi connectivity index (χ0n) is 16.4. The van der Waals surface area contributed by atoms with Crippen LogP contribution in [0.1, 0.15) is 30.9 Å². The molecule has 1 aromatic heterocycles. The van der Waals surface area contributed by atoms with Crippen LogP contribution >= 0.6 is 23.2 Å². The quantitative estimate of drug-likeness (QED) is 0.604. The summed E-state index contributed by atoms with van der Waals surface area (Å²) in [6.45, 7) is 6.06. The van der Waals surface area contributed by atoms with E-state index in [0.717, 1.165) is 49.6 Å². The second-order valence-corrected chi connectivity index (χ2v) is 7.80. The van der Waals surface area contributed by atoms with E-state index in [4.69, 9.17) is 32.7 Å². The molecule has 2 heterocycles. The van der Waals surface area contributed by atoms with Crippen molar-refractivity contribution in [1.29, 1.82) is 0 Å². The highest BCUT2D eigenvalue weighted by atomic mass is 35.5. The number of hydrogen-bond donors (Lipinski definition) is 1. The van der Waals surface area contributed by atoms with E-state index in [0.29, 0.717) is 29.4 Å². The average molecular weight is 424 g/mol. The van der Waals surface area contributed by atoms with E-state index in [9.17, 15) is 0 Å². The largest absolute Gasteiger partial charge is 0.492 e. The van der Waals surface area contributed by atoms with Gasteiger partial charge in [0.1, 0.15) is 16.7 Å². The minimum Gasteiger partial charge on any atom is -0.492 e. The van der Waals surface area contributed by atoms with Gasteiger partial charge in [-0.05, 0) is 55.2 Å². The Hall–Kier alpha value is -1.53. The number of benzene rings is 1. The van der Waals surface area contributed by atoms with Gasteiger partial charge < -0.3 is 14.8 Å². The zero-order chi connectivity index (χ0) is 19.9. The summed E-state index contributed by atoms with van der Waals surface area (Å²) < 4.78 is 10.8. The fourth-order valence-corrected chi connectivity index (χ4v) is 3.89. The number of halogens is 2. The number of anilines is 1. The van der Waals surface area contributed by atoms with Gasteiger partial charge in [0.15, 0.2) is 0 Å². The monoisotopic (exact) mass is 423 g/mol. The number of nitrogens with one attached hydrogen (secondary N) is 1. The maximum absolute atomic E-state index is 6.19. The first-order valence-corrected chi connectivity index (χ1v) is 10.4. The van der Waals surface area contributed by atoms with E-state index in [1.807, 2.05) is 31.2 Å². The minimum absolute atomic E-state index is 0.391. The van der Waals surface area contributed by atoms with Crippen molar-refractivity contribution in [3.63, 3.8) is 0 Å². The summed E-state index contributed by atoms with van der Waals surface area (Å²) in [6, 6.07) is 10.3. The molecule has 3 rings (SSSR count). The Bertz CT molecular complexity index is 780. The van der Waals surface area contributed by atoms with Crippen LogP contribution in [0.4, 0.5) is 5.82 Å². The first-order valence-electron chi connectivity index (χ1n) is 9.63. The van der Waals surface area contributed by atoms with Crippen molar-refractivity contribution in [1.82, 2.24) is 9.88 Å². The summed E-state index contributed by atoms with van der Waals surface area (Å²) in [5.74, 6) is 1.58. The number of nitrogens with zero attached hydrogens (tertiary/aromatic N) is 2. The molecule has 1 N–H and O–H groups in total. The molecule has 0 radical (unpaired) electrons. The van der Waals surface area contributed by atoms with Gasteiger partial charge in [-0.2, -0.15) is 0 Å². The number of piperidine rings is 1. The summed E-state index contributed by atoms with van der Waals surface area (Å²) in [6.07, 6.45) is 2.11. The van der Waals surface area contributed by atoms with Gasteiger partial charge in [0.2, 0.25) is 0 Å². The topological polar surface area (TPSA) is 46.6 Å². The number of likely N-dealkylation sites (tertiary alicyclic amines) is 1. The SMILES string of the molecule is CCOc1cc(CN2CCC(Nc3cc(COC)cc(Cl)n3)CC2)ccc1Cl. The molecule has 1 aliphatic rings. The normalized spacial score (nSPS) is 15.6. The van der Waals surface area contributed by atoms with Crippen molar-refractivity contribution in [3.8, 4) is 5.75 Å². The summed E-state index contributed by atoms with van der Waals surface area (Å²) in [7, 11) is 1.68. The smallest absolute Gasteiger partial charge is 0.138 e. The first-order chi connectivity index (χ1) is 13.6. The number of hydrogen-bond acceptors (Lipinski definition) is 5. The van der Waals surface area contributed by atoms with Gasteiger partial charge in [-0.1, -0.05) is 29.3 Å². The number of aromatic nitrogens is 1. The number of rotatable bonds is 8. The molecule has 0 saturated carbocycles. The lowest BCUT2D eigenvalue weighted by atomic mass is 10.0. The third-order valence-corrected chi connectivity index (χ3v) is 5.31. The van der Waals surface area contributed by atoms with Gasteiger partial charge in [-0.15, -0.1) is 0 Å². The van der Waals surface area contributed by atoms with Crippen LogP contribution in [-0.2, 0) is 17.9 Å². The van der Waals surface area contributed by atoms with Crippen molar-refractivity contribution in [2.75, 3.05) is 32.1 Å². The highest BCUT2D eigenvalue weighted by Gasteiger charge is 2.20. The Morgan fingerprint density at radius 3 is 2.64 bits per heavy atom. The minimum atomic E-state index is 0.391. The van der Waals surface area contributed by atoms with Gasteiger partial charge in [0, 0.05) is 32.8 Å². The van der Waals surface area contributed by atoms with Gasteiger partial charge in [0.25, 0.3) is 0 Å². The Kier molecular flexibility index (Phi) is 7.80. The van der Waals surface area contributed by atoms with Crippen molar-refractivity contribution in [2.45, 2.75) is 39.0 Å². The highest BCUT2D eigenvalue weighted by Crippen LogP contribution is 2.27. The molecule has 7 heteroatoms. The average Bonchev–Trinajstić information content (AvgIpc) is 2.66. The van der Waals surface area contributed by atoms with Crippen molar-refractivity contribution < 1.29 is 9.47 Å². The molecule has 152 valence electrons. The first kappa shape index (κ1) is 21.2. The van der Waals surface area contributed by atoms with Crippen molar-refractivity contribution in [3.05, 3.63) is 51.6 Å². The van der Waals surface area contributed by atoms with Crippen LogP contribution in [0, 0.1) is 0 Å². The Balaban J connectivity index is 1.53. The maximum atomic E-state index is 6.19. The molecule has 0 spiro atoms. The lowest BCUT2D eigenvalue weighted by Crippen LogP contribution is -2.38. The van der Waals surface area contributed by atoms with Crippen LogP contribution in [0.2, 0.25) is 10.2 Å². The van der Waals surface area contributed by atoms with E-state index >= 15 is 0 Å². The fraction of sp³-hybridized carbons (Fsp3) is 0.476. The predicted molar refractivity (Wildman–Crippen MR) is 115 cm³/mol. The van der Waals surface area contributed by atoms with Crippen LogP contribution in [-0.4, -0.2) is 42.7 Å². The van der Waals surface area contributed by atoms with Gasteiger partial charge in [0.05, 0.1) is 18.2 Å². The van der Waals surface area contributed by atoms with Crippen molar-refractivity contribution >= 4 is 29.0 Å². The van der Waals surface area contributed by atoms with Crippen LogP contribution in [0.3, 0.4) is 0 Å². The highest BCUT2D eigenvalue weighted by molar-refractivity contribution is 6.32. The number of pyridine rings is 1. The molecule has 28 heavy (non-hydrogen) atoms. The van der Waals surface area contributed by atoms with E-state index in [-0.39, 0.29) is 0 Å². The number of methoxy groups -OCH3 is 1. The molecule has 0 atom stereocenters. The van der Waals surface area contributed by atoms with Gasteiger partial charge in [-0.3, -0.25) is 4.90 Å². The van der Waals surface area contributed by atoms with Crippen LogP contribution in [0.5, 0.6) is 5.75 Å². The lowest BCUT2D eigenvalue weighted by molar-refractivity contribution is 0.185. The molecule has 1 fully saturated rings. The summed E-state index contributed by atoms with van der Waals surface area (Å²) in [5.41, 5.74) is 2.25. The van der Waals surface area contributed by atoms with E-state index < -0.39 is 0 Å². The zero-order valence-corrected chi connectivity index (χ0v) is 17.9. The third kappa shape index (κ3) is 5.98. The van der Waals surface area contributed by atoms with E-state index in [1.165, 1.54) is 5.56 Å². The lowest BCUT2D eigenvalue weighted by Gasteiger charge is -2.32. The summed E-state index contributed by atoms with van der Waals surface area (Å²) in [5, 5.41) is 4.67. The second-order valence-electron chi connectivity index (χ2n) is 7.01. The van der Waals surface area contributed by atoms with E-state index in [1.54, 1.807) is 7.11 Å². The molecular weight excluding hydrogens is 397 g/mol. The van der Waals surface area contributed by atoms with E-state index in [2.05, 4.69) is 21.3 Å². The molecule has 2 aromatic rings. The van der Waals surface area contributed by atoms with Crippen LogP contribution < -0.4 is 10.1 Å². The Labute approximate surface area is 176 Å². The molecule has 1 aromatic carbocycles. The molecule has 1 aliphatic heterocycles. The Morgan fingerprint density at radius 1 is 1.14 bits per heavy atom. The third-order valence-electron chi connectivity index (χ3n) is 4.81. The predicted octanol–water partition coefficient (Wildman–Crippen LogP) is 5.01. The van der Waals surface area contributed by atoms with Gasteiger partial charge in [-0.25, -0.2) is 4.98 Å². The van der Waals surface area contributed by atoms with Gasteiger partial charge >= 0.3 is 0 Å². The molecule has 1 saturated heterocycles. The van der Waals surface area contributed by atoms with Crippen molar-refractivity contribution in [2.24, 2.45) is 0 Å². The Morgan fingerprint density at radius 2 is 1.93 bits per heavy atom. The van der Waals surface area contributed by atoms with Crippen LogP contribution in [0.15, 0.2) is 30.3 Å². The fourth-order valence-electron chi connectivity index (χ4n) is 3.49. The molecule has 0 aliphatic carbocycles. The number of ether oxygens (including phenoxy) is 2. The summed E-state index contributed by atoms with van der Waals surface area (Å²) >= 11 is 12.3. The molecule has 0 bridgehead atoms. The second kappa shape index (κ2) is 10.3.